The third-order valence-electron chi connectivity index (χ3n) is 3.35. The molecule has 17 heavy (non-hydrogen) atoms. The molecule has 1 aromatic rings. The highest BCUT2D eigenvalue weighted by molar-refractivity contribution is 5.15. The van der Waals surface area contributed by atoms with E-state index in [1.807, 2.05) is 17.8 Å². The smallest absolute Gasteiger partial charge is 0.120 e. The zero-order chi connectivity index (χ0) is 12.3. The summed E-state index contributed by atoms with van der Waals surface area (Å²) < 4.78 is 6.94. The van der Waals surface area contributed by atoms with Gasteiger partial charge in [-0.1, -0.05) is 0 Å². The van der Waals surface area contributed by atoms with Crippen molar-refractivity contribution in [2.45, 2.75) is 25.0 Å². The number of hydrogen-bond acceptors (Lipinski definition) is 4. The number of likely N-dealkylation sites (tertiary alicyclic amines) is 1. The second-order valence-corrected chi connectivity index (χ2v) is 4.81. The number of β-amino-alcohol motifs (C(OH)–C–C–N with tert-alkyl or cyclic N) is 1. The molecule has 1 aliphatic rings. The second-order valence-electron chi connectivity index (χ2n) is 4.81. The molecule has 0 saturated carbocycles. The van der Waals surface area contributed by atoms with Gasteiger partial charge in [0, 0.05) is 39.5 Å². The maximum atomic E-state index is 10.6. The van der Waals surface area contributed by atoms with Crippen LogP contribution in [0.25, 0.3) is 0 Å². The van der Waals surface area contributed by atoms with Gasteiger partial charge in [0.25, 0.3) is 0 Å². The molecule has 2 rings (SSSR count). The van der Waals surface area contributed by atoms with Gasteiger partial charge < -0.3 is 14.7 Å². The third-order valence-corrected chi connectivity index (χ3v) is 3.35. The third kappa shape index (κ3) is 2.68. The summed E-state index contributed by atoms with van der Waals surface area (Å²) in [5.74, 6) is 0. The Hall–Kier alpha value is -0.910. The maximum absolute atomic E-state index is 10.6. The fourth-order valence-corrected chi connectivity index (χ4v) is 2.45. The maximum Gasteiger partial charge on any atom is 0.120 e. The van der Waals surface area contributed by atoms with Gasteiger partial charge in [-0.15, -0.1) is 0 Å². The zero-order valence-electron chi connectivity index (χ0n) is 10.6. The summed E-state index contributed by atoms with van der Waals surface area (Å²) >= 11 is 0. The Bertz CT molecular complexity index is 366. The Morgan fingerprint density at radius 2 is 2.41 bits per heavy atom. The van der Waals surface area contributed by atoms with Crippen molar-refractivity contribution in [1.82, 2.24) is 14.7 Å². The zero-order valence-corrected chi connectivity index (χ0v) is 10.6. The number of nitrogens with zero attached hydrogens (tertiary/aromatic N) is 3. The van der Waals surface area contributed by atoms with Crippen LogP contribution in [-0.2, 0) is 16.9 Å². The predicted octanol–water partition coefficient (Wildman–Crippen LogP) is 0.443. The first-order chi connectivity index (χ1) is 8.15. The minimum Gasteiger partial charge on any atom is -0.385 e. The molecule has 96 valence electrons. The van der Waals surface area contributed by atoms with E-state index >= 15 is 0 Å². The molecule has 2 heterocycles. The summed E-state index contributed by atoms with van der Waals surface area (Å²) in [6.07, 6.45) is 3.45. The fraction of sp³-hybridized carbons (Fsp3) is 0.750. The van der Waals surface area contributed by atoms with Crippen LogP contribution in [0.3, 0.4) is 0 Å². The fourth-order valence-electron chi connectivity index (χ4n) is 2.45. The number of hydrogen-bond donors (Lipinski definition) is 1. The van der Waals surface area contributed by atoms with Crippen molar-refractivity contribution in [3.8, 4) is 0 Å². The second kappa shape index (κ2) is 5.16. The van der Waals surface area contributed by atoms with E-state index in [2.05, 4.69) is 10.00 Å². The summed E-state index contributed by atoms with van der Waals surface area (Å²) in [5, 5.41) is 14.9. The normalized spacial score (nSPS) is 25.6. The lowest BCUT2D eigenvalue weighted by Crippen LogP contribution is -2.32. The molecule has 0 aliphatic carbocycles. The van der Waals surface area contributed by atoms with Crippen LogP contribution in [0.1, 0.15) is 18.5 Å². The van der Waals surface area contributed by atoms with E-state index in [-0.39, 0.29) is 0 Å². The molecule has 5 heteroatoms. The Balaban J connectivity index is 2.08. The van der Waals surface area contributed by atoms with Gasteiger partial charge in [0.15, 0.2) is 0 Å². The first kappa shape index (κ1) is 12.5. The van der Waals surface area contributed by atoms with Crippen LogP contribution in [0.15, 0.2) is 12.3 Å². The first-order valence-electron chi connectivity index (χ1n) is 6.08. The summed E-state index contributed by atoms with van der Waals surface area (Å²) in [6, 6.07) is 1.92. The highest BCUT2D eigenvalue weighted by Gasteiger charge is 2.38. The summed E-state index contributed by atoms with van der Waals surface area (Å²) in [4.78, 5) is 2.15. The van der Waals surface area contributed by atoms with Crippen LogP contribution in [0.2, 0.25) is 0 Å². The van der Waals surface area contributed by atoms with E-state index in [1.54, 1.807) is 13.3 Å². The summed E-state index contributed by atoms with van der Waals surface area (Å²) in [7, 11) is 3.73. The van der Waals surface area contributed by atoms with Crippen LogP contribution in [-0.4, -0.2) is 53.6 Å². The van der Waals surface area contributed by atoms with Crippen molar-refractivity contribution in [3.05, 3.63) is 18.0 Å². The van der Waals surface area contributed by atoms with Crippen LogP contribution in [0.4, 0.5) is 0 Å². The number of aryl methyl sites for hydroxylation is 1. The average Bonchev–Trinajstić information content (AvgIpc) is 2.87. The molecule has 0 aromatic carbocycles. The number of aromatic nitrogens is 2. The van der Waals surface area contributed by atoms with Crippen LogP contribution < -0.4 is 0 Å². The molecule has 0 radical (unpaired) electrons. The van der Waals surface area contributed by atoms with Crippen molar-refractivity contribution < 1.29 is 9.84 Å². The number of ether oxygens (including phenoxy) is 1. The van der Waals surface area contributed by atoms with E-state index in [9.17, 15) is 5.11 Å². The highest BCUT2D eigenvalue weighted by Crippen LogP contribution is 2.30. The molecule has 0 bridgehead atoms. The van der Waals surface area contributed by atoms with Crippen molar-refractivity contribution in [3.63, 3.8) is 0 Å². The predicted molar refractivity (Wildman–Crippen MR) is 64.7 cm³/mol. The Morgan fingerprint density at radius 1 is 1.59 bits per heavy atom. The minimum atomic E-state index is -0.738. The lowest BCUT2D eigenvalue weighted by Gasteiger charge is -2.23. The van der Waals surface area contributed by atoms with Crippen LogP contribution in [0.5, 0.6) is 0 Å². The highest BCUT2D eigenvalue weighted by atomic mass is 16.5. The number of aliphatic hydroxyl groups is 1. The Kier molecular flexibility index (Phi) is 3.81. The van der Waals surface area contributed by atoms with Crippen LogP contribution >= 0.6 is 0 Å². The summed E-state index contributed by atoms with van der Waals surface area (Å²) in [5.41, 5.74) is 0.191. The molecular weight excluding hydrogens is 218 g/mol. The first-order valence-corrected chi connectivity index (χ1v) is 6.08. The molecule has 1 aromatic heterocycles. The largest absolute Gasteiger partial charge is 0.385 e. The van der Waals surface area contributed by atoms with E-state index in [4.69, 9.17) is 4.74 Å². The van der Waals surface area contributed by atoms with E-state index < -0.39 is 5.60 Å². The molecule has 1 saturated heterocycles. The van der Waals surface area contributed by atoms with Crippen molar-refractivity contribution >= 4 is 0 Å². The van der Waals surface area contributed by atoms with Gasteiger partial charge in [-0.05, 0) is 26.0 Å². The van der Waals surface area contributed by atoms with E-state index in [0.29, 0.717) is 6.54 Å². The average molecular weight is 239 g/mol. The number of methoxy groups -OCH3 is 1. The quantitative estimate of drug-likeness (QED) is 0.758. The van der Waals surface area contributed by atoms with Gasteiger partial charge in [0.05, 0.1) is 5.69 Å². The van der Waals surface area contributed by atoms with Gasteiger partial charge in [-0.3, -0.25) is 4.68 Å². The Labute approximate surface area is 102 Å². The molecule has 1 N–H and O–H groups in total. The molecule has 1 unspecified atom stereocenters. The lowest BCUT2D eigenvalue weighted by atomic mass is 9.99. The monoisotopic (exact) mass is 239 g/mol. The molecule has 0 spiro atoms. The lowest BCUT2D eigenvalue weighted by molar-refractivity contribution is 0.0389. The number of rotatable bonds is 5. The molecule has 1 fully saturated rings. The van der Waals surface area contributed by atoms with Gasteiger partial charge in [0.1, 0.15) is 5.60 Å². The van der Waals surface area contributed by atoms with Gasteiger partial charge in [-0.25, -0.2) is 0 Å². The van der Waals surface area contributed by atoms with Gasteiger partial charge >= 0.3 is 0 Å². The Morgan fingerprint density at radius 3 is 3.06 bits per heavy atom. The molecule has 0 amide bonds. The van der Waals surface area contributed by atoms with Crippen molar-refractivity contribution in [1.29, 1.82) is 0 Å². The minimum absolute atomic E-state index is 0.684. The molecule has 1 atom stereocenters. The van der Waals surface area contributed by atoms with Gasteiger partial charge in [0.2, 0.25) is 0 Å². The summed E-state index contributed by atoms with van der Waals surface area (Å²) in [6.45, 7) is 3.13. The number of likely N-dealkylation sites (N-methyl/N-ethyl adjacent to an activating group) is 1. The topological polar surface area (TPSA) is 50.5 Å². The van der Waals surface area contributed by atoms with Crippen molar-refractivity contribution in [2.24, 2.45) is 0 Å². The SMILES string of the molecule is COCCCn1nccc1C1(O)CCN(C)C1. The van der Waals surface area contributed by atoms with E-state index in [0.717, 1.165) is 38.2 Å². The van der Waals surface area contributed by atoms with Crippen LogP contribution in [0, 0.1) is 0 Å². The molecule has 1 aliphatic heterocycles. The van der Waals surface area contributed by atoms with Gasteiger partial charge in [-0.2, -0.15) is 5.10 Å². The van der Waals surface area contributed by atoms with E-state index in [1.165, 1.54) is 0 Å². The standard InChI is InChI=1S/C12H21N3O2/c1-14-8-5-12(16,10-14)11-4-6-13-15(11)7-3-9-17-2/h4,6,16H,3,5,7-10H2,1-2H3. The van der Waals surface area contributed by atoms with Crippen molar-refractivity contribution in [2.75, 3.05) is 33.9 Å². The molecule has 5 nitrogen and oxygen atoms in total. The molecular formula is C12H21N3O2.